The van der Waals surface area contributed by atoms with Crippen LogP contribution < -0.4 is 5.32 Å². The molecule has 118 valence electrons. The van der Waals surface area contributed by atoms with E-state index in [2.05, 4.69) is 19.2 Å². The highest BCUT2D eigenvalue weighted by molar-refractivity contribution is 5.72. The van der Waals surface area contributed by atoms with E-state index in [4.69, 9.17) is 4.74 Å². The van der Waals surface area contributed by atoms with Gasteiger partial charge < -0.3 is 15.2 Å². The Kier molecular flexibility index (Phi) is 7.52. The molecule has 0 bridgehead atoms. The van der Waals surface area contributed by atoms with Crippen LogP contribution in [0.4, 0.5) is 0 Å². The maximum Gasteiger partial charge on any atom is 0.308 e. The summed E-state index contributed by atoms with van der Waals surface area (Å²) in [5.74, 6) is 0.00591. The van der Waals surface area contributed by atoms with Crippen molar-refractivity contribution in [3.63, 3.8) is 0 Å². The van der Waals surface area contributed by atoms with Gasteiger partial charge in [-0.3, -0.25) is 4.79 Å². The quantitative estimate of drug-likeness (QED) is 0.673. The number of esters is 1. The summed E-state index contributed by atoms with van der Waals surface area (Å²) in [6.07, 6.45) is 5.95. The zero-order valence-electron chi connectivity index (χ0n) is 13.3. The Morgan fingerprint density at radius 3 is 2.55 bits per heavy atom. The Labute approximate surface area is 123 Å². The van der Waals surface area contributed by atoms with Crippen LogP contribution in [0.3, 0.4) is 0 Å². The average molecular weight is 285 g/mol. The lowest BCUT2D eigenvalue weighted by molar-refractivity contribution is -0.149. The van der Waals surface area contributed by atoms with Gasteiger partial charge >= 0.3 is 5.97 Å². The highest BCUT2D eigenvalue weighted by Gasteiger charge is 2.30. The number of rotatable bonds is 8. The molecule has 0 saturated heterocycles. The molecule has 2 atom stereocenters. The van der Waals surface area contributed by atoms with Crippen LogP contribution in [-0.4, -0.2) is 36.9 Å². The van der Waals surface area contributed by atoms with E-state index in [-0.39, 0.29) is 23.9 Å². The minimum atomic E-state index is -0.0431. The highest BCUT2D eigenvalue weighted by atomic mass is 16.5. The van der Waals surface area contributed by atoms with Gasteiger partial charge in [0.1, 0.15) is 0 Å². The fourth-order valence-electron chi connectivity index (χ4n) is 2.99. The van der Waals surface area contributed by atoms with Crippen LogP contribution in [0.1, 0.15) is 59.3 Å². The molecule has 1 aliphatic rings. The van der Waals surface area contributed by atoms with Gasteiger partial charge in [0.25, 0.3) is 0 Å². The van der Waals surface area contributed by atoms with Crippen LogP contribution in [0.5, 0.6) is 0 Å². The van der Waals surface area contributed by atoms with Crippen molar-refractivity contribution in [3.8, 4) is 0 Å². The third-order valence-electron chi connectivity index (χ3n) is 4.90. The van der Waals surface area contributed by atoms with Crippen LogP contribution in [0, 0.1) is 11.3 Å². The molecule has 0 aromatic heterocycles. The van der Waals surface area contributed by atoms with Crippen molar-refractivity contribution in [1.29, 1.82) is 0 Å². The number of aliphatic hydroxyl groups is 1. The van der Waals surface area contributed by atoms with Crippen LogP contribution in [0.15, 0.2) is 0 Å². The summed E-state index contributed by atoms with van der Waals surface area (Å²) in [5, 5.41) is 13.2. The standard InChI is InChI=1S/C16H31NO3/c1-4-16(5-2,12-18)11-17-14-9-7-8-13(10-14)15(19)20-6-3/h13-14,17-18H,4-12H2,1-3H3. The fraction of sp³-hybridized carbons (Fsp3) is 0.938. The molecule has 4 heteroatoms. The van der Waals surface area contributed by atoms with Gasteiger partial charge in [-0.05, 0) is 39.0 Å². The van der Waals surface area contributed by atoms with Crippen molar-refractivity contribution in [2.75, 3.05) is 19.8 Å². The molecule has 1 fully saturated rings. The number of carbonyl (C=O) groups is 1. The van der Waals surface area contributed by atoms with E-state index >= 15 is 0 Å². The first-order chi connectivity index (χ1) is 9.60. The molecular formula is C16H31NO3. The van der Waals surface area contributed by atoms with Gasteiger partial charge in [-0.1, -0.05) is 20.3 Å². The van der Waals surface area contributed by atoms with Gasteiger partial charge in [0.05, 0.1) is 12.5 Å². The minimum absolute atomic E-state index is 0.0170. The van der Waals surface area contributed by atoms with Gasteiger partial charge in [0.15, 0.2) is 0 Å². The Balaban J connectivity index is 2.46. The molecule has 20 heavy (non-hydrogen) atoms. The Morgan fingerprint density at radius 2 is 2.00 bits per heavy atom. The molecule has 0 amide bonds. The molecule has 0 heterocycles. The maximum atomic E-state index is 11.8. The number of carbonyl (C=O) groups excluding carboxylic acids is 1. The van der Waals surface area contributed by atoms with E-state index in [1.165, 1.54) is 0 Å². The second-order valence-corrected chi connectivity index (χ2v) is 6.06. The Morgan fingerprint density at radius 1 is 1.30 bits per heavy atom. The number of ether oxygens (including phenoxy) is 1. The molecule has 1 rings (SSSR count). The summed E-state index contributed by atoms with van der Waals surface area (Å²) >= 11 is 0. The summed E-state index contributed by atoms with van der Waals surface area (Å²) in [7, 11) is 0. The second kappa shape index (κ2) is 8.63. The number of aliphatic hydroxyl groups excluding tert-OH is 1. The summed E-state index contributed by atoms with van der Waals surface area (Å²) in [4.78, 5) is 11.8. The first-order valence-electron chi connectivity index (χ1n) is 8.11. The Bertz CT molecular complexity index is 281. The molecule has 0 radical (unpaired) electrons. The zero-order valence-corrected chi connectivity index (χ0v) is 13.3. The van der Waals surface area contributed by atoms with Gasteiger partial charge in [-0.2, -0.15) is 0 Å². The fourth-order valence-corrected chi connectivity index (χ4v) is 2.99. The lowest BCUT2D eigenvalue weighted by Gasteiger charge is -2.34. The first-order valence-corrected chi connectivity index (χ1v) is 8.11. The lowest BCUT2D eigenvalue weighted by Crippen LogP contribution is -2.44. The van der Waals surface area contributed by atoms with E-state index in [9.17, 15) is 9.90 Å². The van der Waals surface area contributed by atoms with Crippen molar-refractivity contribution in [2.24, 2.45) is 11.3 Å². The monoisotopic (exact) mass is 285 g/mol. The van der Waals surface area contributed by atoms with E-state index in [0.29, 0.717) is 12.6 Å². The average Bonchev–Trinajstić information content (AvgIpc) is 2.50. The predicted octanol–water partition coefficient (Wildman–Crippen LogP) is 2.50. The van der Waals surface area contributed by atoms with Crippen LogP contribution >= 0.6 is 0 Å². The second-order valence-electron chi connectivity index (χ2n) is 6.06. The van der Waals surface area contributed by atoms with Crippen molar-refractivity contribution >= 4 is 5.97 Å². The topological polar surface area (TPSA) is 58.6 Å². The first kappa shape index (κ1) is 17.4. The molecule has 0 spiro atoms. The smallest absolute Gasteiger partial charge is 0.308 e. The largest absolute Gasteiger partial charge is 0.466 e. The summed E-state index contributed by atoms with van der Waals surface area (Å²) in [6.45, 7) is 7.63. The van der Waals surface area contributed by atoms with Gasteiger partial charge in [-0.25, -0.2) is 0 Å². The van der Waals surface area contributed by atoms with Gasteiger partial charge in [-0.15, -0.1) is 0 Å². The van der Waals surface area contributed by atoms with Crippen molar-refractivity contribution in [2.45, 2.75) is 65.3 Å². The Hall–Kier alpha value is -0.610. The lowest BCUT2D eigenvalue weighted by atomic mass is 9.81. The molecule has 0 aromatic carbocycles. The zero-order chi connectivity index (χ0) is 15.0. The van der Waals surface area contributed by atoms with Gasteiger partial charge in [0.2, 0.25) is 0 Å². The molecule has 1 saturated carbocycles. The highest BCUT2D eigenvalue weighted by Crippen LogP contribution is 2.28. The van der Waals surface area contributed by atoms with E-state index in [1.54, 1.807) is 0 Å². The number of hydrogen-bond donors (Lipinski definition) is 2. The molecule has 4 nitrogen and oxygen atoms in total. The van der Waals surface area contributed by atoms with E-state index in [0.717, 1.165) is 45.1 Å². The summed E-state index contributed by atoms with van der Waals surface area (Å²) < 4.78 is 5.13. The minimum Gasteiger partial charge on any atom is -0.466 e. The van der Waals surface area contributed by atoms with Crippen LogP contribution in [0.25, 0.3) is 0 Å². The SMILES string of the molecule is CCOC(=O)C1CCCC(NCC(CC)(CC)CO)C1. The predicted molar refractivity (Wildman–Crippen MR) is 80.5 cm³/mol. The van der Waals surface area contributed by atoms with E-state index in [1.807, 2.05) is 6.92 Å². The van der Waals surface area contributed by atoms with Crippen LogP contribution in [0.2, 0.25) is 0 Å². The summed E-state index contributed by atoms with van der Waals surface area (Å²) in [6, 6.07) is 0.377. The van der Waals surface area contributed by atoms with Crippen molar-refractivity contribution < 1.29 is 14.6 Å². The third-order valence-corrected chi connectivity index (χ3v) is 4.90. The van der Waals surface area contributed by atoms with Crippen molar-refractivity contribution in [3.05, 3.63) is 0 Å². The molecule has 0 aromatic rings. The van der Waals surface area contributed by atoms with Crippen LogP contribution in [-0.2, 0) is 9.53 Å². The maximum absolute atomic E-state index is 11.8. The molecule has 2 N–H and O–H groups in total. The van der Waals surface area contributed by atoms with Gasteiger partial charge in [0, 0.05) is 24.6 Å². The van der Waals surface area contributed by atoms with E-state index < -0.39 is 0 Å². The molecular weight excluding hydrogens is 254 g/mol. The number of hydrogen-bond acceptors (Lipinski definition) is 4. The third kappa shape index (κ3) is 4.74. The summed E-state index contributed by atoms with van der Waals surface area (Å²) in [5.41, 5.74) is -0.0170. The molecule has 0 aliphatic heterocycles. The molecule has 2 unspecified atom stereocenters. The number of nitrogens with one attached hydrogen (secondary N) is 1. The normalized spacial score (nSPS) is 23.6. The van der Waals surface area contributed by atoms with Crippen molar-refractivity contribution in [1.82, 2.24) is 5.32 Å². The molecule has 1 aliphatic carbocycles.